The minimum absolute atomic E-state index is 0.0371. The number of nitrogens with two attached hydrogens (primary N) is 1. The van der Waals surface area contributed by atoms with Gasteiger partial charge in [0.15, 0.2) is 23.0 Å². The molecule has 0 aliphatic carbocycles. The zero-order chi connectivity index (χ0) is 27.8. The van der Waals surface area contributed by atoms with Gasteiger partial charge in [0.1, 0.15) is 5.78 Å². The van der Waals surface area contributed by atoms with Gasteiger partial charge in [-0.1, -0.05) is 19.1 Å². The topological polar surface area (TPSA) is 154 Å². The summed E-state index contributed by atoms with van der Waals surface area (Å²) < 4.78 is 10.3. The van der Waals surface area contributed by atoms with E-state index in [1.54, 1.807) is 24.3 Å². The Morgan fingerprint density at radius 2 is 1.74 bits per heavy atom. The second-order valence-corrected chi connectivity index (χ2v) is 9.47. The van der Waals surface area contributed by atoms with E-state index in [0.29, 0.717) is 49.4 Å². The fraction of sp³-hybridized carbons (Fsp3) is 0.414. The number of hydrogen-bond donors (Lipinski definition) is 6. The molecule has 3 atom stereocenters. The lowest BCUT2D eigenvalue weighted by Gasteiger charge is -2.32. The Balaban J connectivity index is 1.83. The van der Waals surface area contributed by atoms with E-state index in [9.17, 15) is 25.2 Å². The van der Waals surface area contributed by atoms with Crippen LogP contribution >= 0.6 is 0 Å². The fourth-order valence-corrected chi connectivity index (χ4v) is 4.99. The highest BCUT2D eigenvalue weighted by atomic mass is 16.5. The van der Waals surface area contributed by atoms with Crippen molar-refractivity contribution >= 4 is 5.78 Å². The minimum atomic E-state index is -0.930. The van der Waals surface area contributed by atoms with Crippen LogP contribution in [0.5, 0.6) is 28.7 Å². The van der Waals surface area contributed by atoms with Gasteiger partial charge in [-0.2, -0.15) is 0 Å². The molecule has 0 unspecified atom stereocenters. The van der Waals surface area contributed by atoms with Crippen molar-refractivity contribution in [2.24, 2.45) is 17.6 Å². The smallest absolute Gasteiger partial charge is 0.200 e. The molecule has 0 amide bonds. The average Bonchev–Trinajstić information content (AvgIpc) is 2.91. The van der Waals surface area contributed by atoms with E-state index < -0.39 is 12.0 Å². The number of aromatic hydroxyl groups is 3. The second kappa shape index (κ2) is 13.1. The molecule has 0 saturated carbocycles. The van der Waals surface area contributed by atoms with Crippen LogP contribution in [0.25, 0.3) is 0 Å². The van der Waals surface area contributed by atoms with Gasteiger partial charge in [-0.05, 0) is 78.6 Å². The zero-order valence-corrected chi connectivity index (χ0v) is 22.1. The van der Waals surface area contributed by atoms with Gasteiger partial charge in [-0.15, -0.1) is 0 Å². The molecule has 0 saturated heterocycles. The second-order valence-electron chi connectivity index (χ2n) is 9.47. The number of aliphatic hydroxyl groups excluding tert-OH is 1. The first kappa shape index (κ1) is 28.7. The van der Waals surface area contributed by atoms with Crippen LogP contribution in [0, 0.1) is 11.8 Å². The summed E-state index contributed by atoms with van der Waals surface area (Å²) in [6, 6.07) is 8.03. The first-order valence-corrected chi connectivity index (χ1v) is 12.7. The van der Waals surface area contributed by atoms with E-state index in [1.807, 2.05) is 19.1 Å². The largest absolute Gasteiger partial charge is 0.504 e. The summed E-state index contributed by atoms with van der Waals surface area (Å²) in [5.74, 6) is -0.667. The van der Waals surface area contributed by atoms with Crippen molar-refractivity contribution in [1.29, 1.82) is 0 Å². The zero-order valence-electron chi connectivity index (χ0n) is 22.1. The van der Waals surface area contributed by atoms with E-state index in [-0.39, 0.29) is 41.1 Å². The fourth-order valence-electron chi connectivity index (χ4n) is 4.99. The molecule has 206 valence electrons. The summed E-state index contributed by atoms with van der Waals surface area (Å²) in [6.07, 6.45) is 4.76. The van der Waals surface area contributed by atoms with Crippen LogP contribution in [-0.2, 0) is 17.6 Å². The van der Waals surface area contributed by atoms with Crippen LogP contribution in [0.1, 0.15) is 37.3 Å². The molecule has 0 bridgehead atoms. The number of phenols is 3. The van der Waals surface area contributed by atoms with Gasteiger partial charge in [0.05, 0.1) is 32.1 Å². The van der Waals surface area contributed by atoms with Gasteiger partial charge in [-0.25, -0.2) is 0 Å². The maximum atomic E-state index is 13.7. The Kier molecular flexibility index (Phi) is 9.90. The van der Waals surface area contributed by atoms with Gasteiger partial charge < -0.3 is 41.0 Å². The number of dihydropyridines is 1. The van der Waals surface area contributed by atoms with Crippen LogP contribution < -0.4 is 20.5 Å². The number of methoxy groups -OCH3 is 2. The quantitative estimate of drug-likeness (QED) is 0.216. The summed E-state index contributed by atoms with van der Waals surface area (Å²) >= 11 is 0. The molecule has 38 heavy (non-hydrogen) atoms. The first-order chi connectivity index (χ1) is 18.2. The number of carbonyl (C=O) groups is 1. The normalized spacial score (nSPS) is 15.5. The lowest BCUT2D eigenvalue weighted by atomic mass is 9.75. The summed E-state index contributed by atoms with van der Waals surface area (Å²) in [5.41, 5.74) is 8.42. The van der Waals surface area contributed by atoms with Gasteiger partial charge in [-0.3, -0.25) is 4.79 Å². The summed E-state index contributed by atoms with van der Waals surface area (Å²) in [5, 5.41) is 44.2. The number of nitrogens with one attached hydrogen (secondary N) is 1. The number of benzene rings is 2. The van der Waals surface area contributed by atoms with Crippen molar-refractivity contribution in [3.63, 3.8) is 0 Å². The van der Waals surface area contributed by atoms with Crippen molar-refractivity contribution in [3.8, 4) is 28.7 Å². The van der Waals surface area contributed by atoms with Gasteiger partial charge >= 0.3 is 0 Å². The predicted octanol–water partition coefficient (Wildman–Crippen LogP) is 3.29. The molecule has 1 aliphatic heterocycles. The highest BCUT2D eigenvalue weighted by molar-refractivity contribution is 5.82. The number of allylic oxidation sites excluding steroid dienone is 2. The summed E-state index contributed by atoms with van der Waals surface area (Å²) in [6.45, 7) is 2.53. The van der Waals surface area contributed by atoms with Gasteiger partial charge in [0, 0.05) is 13.0 Å². The number of ether oxygens (including phenoxy) is 2. The van der Waals surface area contributed by atoms with Crippen molar-refractivity contribution in [2.45, 2.75) is 45.1 Å². The third-order valence-electron chi connectivity index (χ3n) is 7.02. The highest BCUT2D eigenvalue weighted by Crippen LogP contribution is 2.37. The third kappa shape index (κ3) is 6.92. The Labute approximate surface area is 223 Å². The molecule has 7 N–H and O–H groups in total. The van der Waals surface area contributed by atoms with Gasteiger partial charge in [0.25, 0.3) is 0 Å². The highest BCUT2D eigenvalue weighted by Gasteiger charge is 2.35. The molecule has 2 aromatic rings. The SMILES string of the molecule is CC[C@@H](C1=CCNC(N)=C1)[C@H](C(=O)CCc1cc(O)c(O)c(OC)c1)[C@H](O)CCc1ccc(O)c(OC)c1. The third-order valence-corrected chi connectivity index (χ3v) is 7.02. The Morgan fingerprint density at radius 3 is 2.39 bits per heavy atom. The molecule has 0 fully saturated rings. The van der Waals surface area contributed by atoms with Crippen LogP contribution in [0.4, 0.5) is 0 Å². The number of aryl methyl sites for hydroxylation is 2. The van der Waals surface area contributed by atoms with Crippen molar-refractivity contribution in [3.05, 3.63) is 65.0 Å². The number of ketones is 1. The standard InChI is InChI=1S/C29H38N2O7/c1-4-20(19-11-12-31-27(30)16-19)28(22(33)9-6-17-5-8-21(32)25(14-17)37-2)23(34)10-7-18-13-24(35)29(36)26(15-18)38-3/h5,8,11,13-16,20,22,28,31-33,35-36H,4,6-7,9-10,12,30H2,1-3H3/t20-,22+,28-/m0/s1. The molecule has 3 rings (SSSR count). The lowest BCUT2D eigenvalue weighted by Crippen LogP contribution is -2.37. The molecule has 9 nitrogen and oxygen atoms in total. The number of hydrogen-bond acceptors (Lipinski definition) is 9. The molecular weight excluding hydrogens is 488 g/mol. The van der Waals surface area contributed by atoms with Crippen molar-refractivity contribution < 1.29 is 34.7 Å². The molecule has 1 aliphatic rings. The van der Waals surface area contributed by atoms with Gasteiger partial charge in [0.2, 0.25) is 5.75 Å². The monoisotopic (exact) mass is 526 g/mol. The molecule has 0 spiro atoms. The maximum Gasteiger partial charge on any atom is 0.200 e. The number of phenolic OH excluding ortho intramolecular Hbond substituents is 3. The van der Waals surface area contributed by atoms with E-state index >= 15 is 0 Å². The van der Waals surface area contributed by atoms with E-state index in [1.165, 1.54) is 20.3 Å². The molecule has 9 heteroatoms. The number of Topliss-reactive ketones (excluding diaryl/α,β-unsaturated/α-hetero) is 1. The number of aliphatic hydroxyl groups is 1. The Bertz CT molecular complexity index is 1190. The van der Waals surface area contributed by atoms with Crippen LogP contribution in [0.2, 0.25) is 0 Å². The lowest BCUT2D eigenvalue weighted by molar-refractivity contribution is -0.128. The van der Waals surface area contributed by atoms with E-state index in [2.05, 4.69) is 5.32 Å². The van der Waals surface area contributed by atoms with Crippen molar-refractivity contribution in [2.75, 3.05) is 20.8 Å². The molecule has 0 aromatic heterocycles. The number of carbonyl (C=O) groups excluding carboxylic acids is 1. The molecule has 1 heterocycles. The van der Waals surface area contributed by atoms with Crippen molar-refractivity contribution in [1.82, 2.24) is 5.32 Å². The molecule has 0 radical (unpaired) electrons. The summed E-state index contributed by atoms with van der Waals surface area (Å²) in [7, 11) is 2.86. The van der Waals surface area contributed by atoms with Crippen LogP contribution in [-0.4, -0.2) is 53.1 Å². The van der Waals surface area contributed by atoms with E-state index in [0.717, 1.165) is 11.1 Å². The Morgan fingerprint density at radius 1 is 1.03 bits per heavy atom. The van der Waals surface area contributed by atoms with E-state index in [4.69, 9.17) is 15.2 Å². The average molecular weight is 527 g/mol. The summed E-state index contributed by atoms with van der Waals surface area (Å²) in [4.78, 5) is 13.7. The number of rotatable bonds is 13. The maximum absolute atomic E-state index is 13.7. The first-order valence-electron chi connectivity index (χ1n) is 12.7. The molecular formula is C29H38N2O7. The minimum Gasteiger partial charge on any atom is -0.504 e. The van der Waals surface area contributed by atoms with Crippen LogP contribution in [0.3, 0.4) is 0 Å². The van der Waals surface area contributed by atoms with Crippen LogP contribution in [0.15, 0.2) is 53.9 Å². The predicted molar refractivity (Wildman–Crippen MR) is 144 cm³/mol. The molecule has 2 aromatic carbocycles. The Hall–Kier alpha value is -3.85.